The molecule has 1 aliphatic carbocycles. The van der Waals surface area contributed by atoms with E-state index in [0.29, 0.717) is 6.54 Å². The molecule has 0 bridgehead atoms. The molecule has 2 amide bonds. The highest BCUT2D eigenvalue weighted by atomic mass is 16.5. The molecule has 1 aliphatic heterocycles. The van der Waals surface area contributed by atoms with Crippen LogP contribution < -0.4 is 14.8 Å². The summed E-state index contributed by atoms with van der Waals surface area (Å²) in [7, 11) is 3.30. The van der Waals surface area contributed by atoms with Crippen LogP contribution in [0.2, 0.25) is 0 Å². The second kappa shape index (κ2) is 8.17. The molecule has 2 aromatic rings. The predicted octanol–water partition coefficient (Wildman–Crippen LogP) is 3.95. The van der Waals surface area contributed by atoms with Gasteiger partial charge in [-0.15, -0.1) is 0 Å². The number of carbonyl (C=O) groups is 1. The summed E-state index contributed by atoms with van der Waals surface area (Å²) in [6, 6.07) is 10.1. The van der Waals surface area contributed by atoms with E-state index in [1.165, 1.54) is 19.3 Å². The van der Waals surface area contributed by atoms with Gasteiger partial charge in [0.1, 0.15) is 17.5 Å². The van der Waals surface area contributed by atoms with Gasteiger partial charge in [-0.05, 0) is 37.1 Å². The maximum absolute atomic E-state index is 13.2. The number of hydrogen-bond acceptors (Lipinski definition) is 3. The Morgan fingerprint density at radius 2 is 1.89 bits per heavy atom. The van der Waals surface area contributed by atoms with Crippen LogP contribution in [0.1, 0.15) is 49.4 Å². The molecule has 1 saturated carbocycles. The minimum atomic E-state index is -0.187. The minimum Gasteiger partial charge on any atom is -0.497 e. The Labute approximate surface area is 166 Å². The van der Waals surface area contributed by atoms with Crippen molar-refractivity contribution in [2.24, 2.45) is 0 Å². The summed E-state index contributed by atoms with van der Waals surface area (Å²) < 4.78 is 13.2. The number of rotatable bonds is 4. The topological polar surface area (TPSA) is 55.7 Å². The summed E-state index contributed by atoms with van der Waals surface area (Å²) in [6.45, 7) is 1.47. The molecule has 0 unspecified atom stereocenters. The Morgan fingerprint density at radius 1 is 1.07 bits per heavy atom. The molecule has 1 aromatic carbocycles. The van der Waals surface area contributed by atoms with Crippen molar-refractivity contribution in [2.45, 2.75) is 50.7 Å². The summed E-state index contributed by atoms with van der Waals surface area (Å²) in [6.07, 6.45) is 7.90. The van der Waals surface area contributed by atoms with Crippen LogP contribution in [-0.2, 0) is 6.54 Å². The fraction of sp³-hybridized carbons (Fsp3) is 0.500. The molecular weight excluding hydrogens is 354 g/mol. The zero-order valence-electron chi connectivity index (χ0n) is 16.7. The van der Waals surface area contributed by atoms with Gasteiger partial charge in [-0.3, -0.25) is 0 Å². The Bertz CT molecular complexity index is 826. The maximum Gasteiger partial charge on any atom is 0.318 e. The van der Waals surface area contributed by atoms with E-state index in [-0.39, 0.29) is 18.1 Å². The highest BCUT2D eigenvalue weighted by Crippen LogP contribution is 2.39. The summed E-state index contributed by atoms with van der Waals surface area (Å²) >= 11 is 0. The van der Waals surface area contributed by atoms with Crippen molar-refractivity contribution in [1.29, 1.82) is 0 Å². The second-order valence-electron chi connectivity index (χ2n) is 7.61. The lowest BCUT2D eigenvalue weighted by atomic mass is 9.95. The maximum atomic E-state index is 13.2. The molecular formula is C22H29N3O3. The first kappa shape index (κ1) is 18.7. The monoisotopic (exact) mass is 383 g/mol. The van der Waals surface area contributed by atoms with Gasteiger partial charge in [0.2, 0.25) is 0 Å². The Hall–Kier alpha value is -2.63. The molecule has 4 rings (SSSR count). The van der Waals surface area contributed by atoms with Gasteiger partial charge in [-0.1, -0.05) is 19.3 Å². The number of benzene rings is 1. The second-order valence-corrected chi connectivity index (χ2v) is 7.61. The molecule has 1 aromatic heterocycles. The van der Waals surface area contributed by atoms with Crippen molar-refractivity contribution in [3.63, 3.8) is 0 Å². The number of urea groups is 1. The highest BCUT2D eigenvalue weighted by Gasteiger charge is 2.35. The van der Waals surface area contributed by atoms with Gasteiger partial charge in [-0.2, -0.15) is 0 Å². The van der Waals surface area contributed by atoms with Gasteiger partial charge >= 0.3 is 6.03 Å². The Balaban J connectivity index is 1.67. The average molecular weight is 383 g/mol. The average Bonchev–Trinajstić information content (AvgIpc) is 3.22. The standard InChI is InChI=1S/C22H29N3O3/c1-27-17-10-11-18(20(15-17)28-2)21-19-9-6-12-24(19)13-14-25(21)22(26)23-16-7-4-3-5-8-16/h6,9-12,15-16,21H,3-5,7-8,13-14H2,1-2H3,(H,23,26)/t21-/m0/s1. The van der Waals surface area contributed by atoms with Crippen LogP contribution in [0.3, 0.4) is 0 Å². The molecule has 2 heterocycles. The van der Waals surface area contributed by atoms with E-state index in [0.717, 1.165) is 42.1 Å². The molecule has 0 spiro atoms. The summed E-state index contributed by atoms with van der Waals surface area (Å²) in [4.78, 5) is 15.2. The number of ether oxygens (including phenoxy) is 2. The number of carbonyl (C=O) groups excluding carboxylic acids is 1. The first-order valence-electron chi connectivity index (χ1n) is 10.2. The molecule has 0 saturated heterocycles. The number of nitrogens with zero attached hydrogens (tertiary/aromatic N) is 2. The number of amides is 2. The van der Waals surface area contributed by atoms with Crippen LogP contribution in [-0.4, -0.2) is 42.3 Å². The van der Waals surface area contributed by atoms with E-state index in [4.69, 9.17) is 9.47 Å². The molecule has 6 heteroatoms. The molecule has 1 fully saturated rings. The van der Waals surface area contributed by atoms with E-state index in [2.05, 4.69) is 22.1 Å². The van der Waals surface area contributed by atoms with Gasteiger partial charge in [0, 0.05) is 42.7 Å². The summed E-state index contributed by atoms with van der Waals surface area (Å²) in [5.41, 5.74) is 2.08. The first-order chi connectivity index (χ1) is 13.7. The first-order valence-corrected chi connectivity index (χ1v) is 10.2. The molecule has 150 valence electrons. The van der Waals surface area contributed by atoms with E-state index >= 15 is 0 Å². The van der Waals surface area contributed by atoms with Crippen LogP contribution in [0.4, 0.5) is 4.79 Å². The largest absolute Gasteiger partial charge is 0.497 e. The fourth-order valence-electron chi connectivity index (χ4n) is 4.48. The quantitative estimate of drug-likeness (QED) is 0.870. The lowest BCUT2D eigenvalue weighted by Gasteiger charge is -2.39. The third-order valence-electron chi connectivity index (χ3n) is 5.97. The number of methoxy groups -OCH3 is 2. The van der Waals surface area contributed by atoms with Crippen LogP contribution >= 0.6 is 0 Å². The van der Waals surface area contributed by atoms with E-state index < -0.39 is 0 Å². The van der Waals surface area contributed by atoms with Crippen molar-refractivity contribution in [3.05, 3.63) is 47.8 Å². The third-order valence-corrected chi connectivity index (χ3v) is 5.97. The summed E-state index contributed by atoms with van der Waals surface area (Å²) in [5, 5.41) is 3.28. The molecule has 6 nitrogen and oxygen atoms in total. The van der Waals surface area contributed by atoms with Crippen LogP contribution in [0.25, 0.3) is 0 Å². The van der Waals surface area contributed by atoms with Crippen LogP contribution in [0.15, 0.2) is 36.5 Å². The van der Waals surface area contributed by atoms with E-state index in [9.17, 15) is 4.79 Å². The minimum absolute atomic E-state index is 0.0159. The lowest BCUT2D eigenvalue weighted by Crippen LogP contribution is -2.50. The van der Waals surface area contributed by atoms with Gasteiger partial charge in [0.05, 0.1) is 14.2 Å². The smallest absolute Gasteiger partial charge is 0.318 e. The molecule has 1 atom stereocenters. The SMILES string of the molecule is COc1ccc([C@H]2c3cccn3CCN2C(=O)NC2CCCCC2)c(OC)c1. The summed E-state index contributed by atoms with van der Waals surface area (Å²) in [5.74, 6) is 1.47. The number of nitrogens with one attached hydrogen (secondary N) is 1. The number of hydrogen-bond donors (Lipinski definition) is 1. The molecule has 1 N–H and O–H groups in total. The van der Waals surface area contributed by atoms with Gasteiger partial charge in [-0.25, -0.2) is 4.79 Å². The Kier molecular flexibility index (Phi) is 5.46. The van der Waals surface area contributed by atoms with Crippen LogP contribution in [0.5, 0.6) is 11.5 Å². The van der Waals surface area contributed by atoms with Crippen molar-refractivity contribution < 1.29 is 14.3 Å². The van der Waals surface area contributed by atoms with Gasteiger partial charge < -0.3 is 24.3 Å². The van der Waals surface area contributed by atoms with Crippen molar-refractivity contribution in [1.82, 2.24) is 14.8 Å². The van der Waals surface area contributed by atoms with Crippen molar-refractivity contribution in [2.75, 3.05) is 20.8 Å². The predicted molar refractivity (Wildman–Crippen MR) is 108 cm³/mol. The van der Waals surface area contributed by atoms with Crippen LogP contribution in [0, 0.1) is 0 Å². The van der Waals surface area contributed by atoms with Gasteiger partial charge in [0.15, 0.2) is 0 Å². The molecule has 28 heavy (non-hydrogen) atoms. The fourth-order valence-corrected chi connectivity index (χ4v) is 4.48. The number of aromatic nitrogens is 1. The number of fused-ring (bicyclic) bond motifs is 1. The normalized spacial score (nSPS) is 19.8. The lowest BCUT2D eigenvalue weighted by molar-refractivity contribution is 0.161. The highest BCUT2D eigenvalue weighted by molar-refractivity contribution is 5.76. The zero-order valence-corrected chi connectivity index (χ0v) is 16.7. The molecule has 2 aliphatic rings. The Morgan fingerprint density at radius 3 is 2.64 bits per heavy atom. The van der Waals surface area contributed by atoms with E-state index in [1.54, 1.807) is 14.2 Å². The van der Waals surface area contributed by atoms with Crippen molar-refractivity contribution in [3.8, 4) is 11.5 Å². The third kappa shape index (κ3) is 3.55. The van der Waals surface area contributed by atoms with Crippen molar-refractivity contribution >= 4 is 6.03 Å². The van der Waals surface area contributed by atoms with Gasteiger partial charge in [0.25, 0.3) is 0 Å². The molecule has 0 radical (unpaired) electrons. The zero-order chi connectivity index (χ0) is 19.5. The van der Waals surface area contributed by atoms with E-state index in [1.807, 2.05) is 29.2 Å².